The number of ether oxygens (including phenoxy) is 1. The van der Waals surface area contributed by atoms with Crippen LogP contribution in [0.4, 0.5) is 0 Å². The number of para-hydroxylation sites is 1. The van der Waals surface area contributed by atoms with Crippen LogP contribution in [0.5, 0.6) is 5.75 Å². The second-order valence-electron chi connectivity index (χ2n) is 3.45. The summed E-state index contributed by atoms with van der Waals surface area (Å²) in [6, 6.07) is 7.07. The zero-order valence-electron chi connectivity index (χ0n) is 9.14. The fraction of sp³-hybridized carbons (Fsp3) is 0.0833. The zero-order valence-corrected chi connectivity index (χ0v) is 9.14. The highest BCUT2D eigenvalue weighted by Gasteiger charge is 2.13. The number of esters is 1. The number of carbonyl (C=O) groups is 1. The van der Waals surface area contributed by atoms with Crippen LogP contribution in [0.2, 0.25) is 0 Å². The Balaban J connectivity index is 2.27. The van der Waals surface area contributed by atoms with Gasteiger partial charge in [0.05, 0.1) is 6.33 Å². The highest BCUT2D eigenvalue weighted by Crippen LogP contribution is 2.16. The number of aryl methyl sites for hydroxylation is 1. The minimum atomic E-state index is -0.714. The van der Waals surface area contributed by atoms with E-state index in [-0.39, 0.29) is 5.56 Å². The maximum atomic E-state index is 11.7. The number of nitrogens with one attached hydrogen (secondary N) is 1. The molecule has 2 aromatic rings. The minimum Gasteiger partial charge on any atom is -0.422 e. The van der Waals surface area contributed by atoms with E-state index in [4.69, 9.17) is 4.74 Å². The van der Waals surface area contributed by atoms with Crippen LogP contribution < -0.4 is 10.3 Å². The summed E-state index contributed by atoms with van der Waals surface area (Å²) in [5, 5.41) is 0. The molecule has 0 aliphatic heterocycles. The molecule has 0 spiro atoms. The van der Waals surface area contributed by atoms with E-state index in [1.165, 1.54) is 12.5 Å². The van der Waals surface area contributed by atoms with Crippen LogP contribution >= 0.6 is 0 Å². The average Bonchev–Trinajstić information content (AvgIpc) is 2.32. The van der Waals surface area contributed by atoms with Gasteiger partial charge in [-0.1, -0.05) is 18.2 Å². The van der Waals surface area contributed by atoms with Crippen molar-refractivity contribution >= 4 is 5.97 Å². The molecular weight excluding hydrogens is 220 g/mol. The summed E-state index contributed by atoms with van der Waals surface area (Å²) in [5.74, 6) is -0.283. The molecule has 0 aliphatic rings. The minimum absolute atomic E-state index is 0.115. The summed E-state index contributed by atoms with van der Waals surface area (Å²) in [6.45, 7) is 1.82. The molecule has 1 aromatic heterocycles. The van der Waals surface area contributed by atoms with Gasteiger partial charge in [0.2, 0.25) is 0 Å². The fourth-order valence-electron chi connectivity index (χ4n) is 1.32. The molecule has 0 atom stereocenters. The molecule has 0 bridgehead atoms. The Bertz CT molecular complexity index is 604. The monoisotopic (exact) mass is 230 g/mol. The number of aromatic amines is 1. The molecule has 86 valence electrons. The van der Waals surface area contributed by atoms with Crippen LogP contribution in [0.15, 0.2) is 41.6 Å². The van der Waals surface area contributed by atoms with Crippen molar-refractivity contribution in [2.24, 2.45) is 0 Å². The predicted octanol–water partition coefficient (Wildman–Crippen LogP) is 1.30. The number of aromatic nitrogens is 2. The van der Waals surface area contributed by atoms with Crippen LogP contribution in [-0.2, 0) is 0 Å². The third-order valence-electron chi connectivity index (χ3n) is 2.23. The van der Waals surface area contributed by atoms with Crippen LogP contribution in [0.25, 0.3) is 0 Å². The van der Waals surface area contributed by atoms with E-state index >= 15 is 0 Å². The first kappa shape index (κ1) is 11.1. The van der Waals surface area contributed by atoms with E-state index in [1.807, 2.05) is 19.1 Å². The van der Waals surface area contributed by atoms with E-state index in [2.05, 4.69) is 9.97 Å². The number of benzene rings is 1. The van der Waals surface area contributed by atoms with Crippen molar-refractivity contribution in [1.82, 2.24) is 9.97 Å². The summed E-state index contributed by atoms with van der Waals surface area (Å²) >= 11 is 0. The number of H-pyrrole nitrogens is 1. The number of hydrogen-bond acceptors (Lipinski definition) is 4. The lowest BCUT2D eigenvalue weighted by Crippen LogP contribution is -2.21. The maximum absolute atomic E-state index is 11.7. The first-order valence-electron chi connectivity index (χ1n) is 4.99. The lowest BCUT2D eigenvalue weighted by molar-refractivity contribution is 0.0731. The van der Waals surface area contributed by atoms with Crippen LogP contribution in [0.1, 0.15) is 15.9 Å². The SMILES string of the molecule is Cc1ccccc1OC(=O)c1cnc[nH]c1=O. The van der Waals surface area contributed by atoms with Crippen LogP contribution in [-0.4, -0.2) is 15.9 Å². The van der Waals surface area contributed by atoms with Gasteiger partial charge >= 0.3 is 5.97 Å². The molecule has 2 rings (SSSR count). The standard InChI is InChI=1S/C12H10N2O3/c1-8-4-2-3-5-10(8)17-12(16)9-6-13-7-14-11(9)15/h2-7H,1H3,(H,13,14,15). The molecule has 5 heteroatoms. The molecule has 17 heavy (non-hydrogen) atoms. The van der Waals surface area contributed by atoms with Crippen molar-refractivity contribution in [3.05, 3.63) is 58.3 Å². The van der Waals surface area contributed by atoms with Crippen molar-refractivity contribution in [1.29, 1.82) is 0 Å². The molecule has 0 unspecified atom stereocenters. The van der Waals surface area contributed by atoms with Crippen molar-refractivity contribution < 1.29 is 9.53 Å². The van der Waals surface area contributed by atoms with Gasteiger partial charge < -0.3 is 9.72 Å². The third kappa shape index (κ3) is 2.39. The Morgan fingerprint density at radius 1 is 1.35 bits per heavy atom. The third-order valence-corrected chi connectivity index (χ3v) is 2.23. The molecule has 0 radical (unpaired) electrons. The van der Waals surface area contributed by atoms with E-state index < -0.39 is 11.5 Å². The van der Waals surface area contributed by atoms with Crippen LogP contribution in [0.3, 0.4) is 0 Å². The lowest BCUT2D eigenvalue weighted by Gasteiger charge is -2.05. The number of carbonyl (C=O) groups excluding carboxylic acids is 1. The van der Waals surface area contributed by atoms with Gasteiger partial charge in [0.25, 0.3) is 5.56 Å². The molecule has 5 nitrogen and oxygen atoms in total. The molecule has 1 N–H and O–H groups in total. The van der Waals surface area contributed by atoms with Gasteiger partial charge in [-0.25, -0.2) is 9.78 Å². The zero-order chi connectivity index (χ0) is 12.3. The highest BCUT2D eigenvalue weighted by molar-refractivity contribution is 5.90. The summed E-state index contributed by atoms with van der Waals surface area (Å²) in [4.78, 5) is 29.0. The van der Waals surface area contributed by atoms with Gasteiger partial charge in [-0.2, -0.15) is 0 Å². The quantitative estimate of drug-likeness (QED) is 0.623. The molecule has 1 aromatic carbocycles. The molecule has 0 amide bonds. The Hall–Kier alpha value is -2.43. The Labute approximate surface area is 97.1 Å². The van der Waals surface area contributed by atoms with E-state index in [1.54, 1.807) is 12.1 Å². The smallest absolute Gasteiger partial charge is 0.350 e. The van der Waals surface area contributed by atoms with E-state index in [0.29, 0.717) is 5.75 Å². The van der Waals surface area contributed by atoms with Gasteiger partial charge in [-0.3, -0.25) is 4.79 Å². The average molecular weight is 230 g/mol. The lowest BCUT2D eigenvalue weighted by atomic mass is 10.2. The number of hydrogen-bond donors (Lipinski definition) is 1. The Kier molecular flexibility index (Phi) is 3.00. The number of nitrogens with zero attached hydrogens (tertiary/aromatic N) is 1. The van der Waals surface area contributed by atoms with Gasteiger partial charge in [0.15, 0.2) is 0 Å². The summed E-state index contributed by atoms with van der Waals surface area (Å²) in [5.41, 5.74) is 0.190. The molecule has 0 saturated heterocycles. The first-order valence-corrected chi connectivity index (χ1v) is 4.99. The Morgan fingerprint density at radius 3 is 2.82 bits per heavy atom. The van der Waals surface area contributed by atoms with Crippen molar-refractivity contribution in [2.75, 3.05) is 0 Å². The van der Waals surface area contributed by atoms with Crippen molar-refractivity contribution in [3.63, 3.8) is 0 Å². The normalized spacial score (nSPS) is 9.94. The van der Waals surface area contributed by atoms with Gasteiger partial charge in [-0.05, 0) is 18.6 Å². The fourth-order valence-corrected chi connectivity index (χ4v) is 1.32. The topological polar surface area (TPSA) is 72.0 Å². The molecule has 1 heterocycles. The molecular formula is C12H10N2O3. The van der Waals surface area contributed by atoms with Gasteiger partial charge in [0.1, 0.15) is 11.3 Å². The second-order valence-corrected chi connectivity index (χ2v) is 3.45. The van der Waals surface area contributed by atoms with Gasteiger partial charge in [-0.15, -0.1) is 0 Å². The second kappa shape index (κ2) is 4.61. The maximum Gasteiger partial charge on any atom is 0.350 e. The summed E-state index contributed by atoms with van der Waals surface area (Å²) < 4.78 is 5.11. The van der Waals surface area contributed by atoms with E-state index in [0.717, 1.165) is 5.56 Å². The first-order chi connectivity index (χ1) is 8.18. The number of rotatable bonds is 2. The summed E-state index contributed by atoms with van der Waals surface area (Å²) in [7, 11) is 0. The molecule has 0 saturated carbocycles. The molecule has 0 aliphatic carbocycles. The van der Waals surface area contributed by atoms with E-state index in [9.17, 15) is 9.59 Å². The van der Waals surface area contributed by atoms with Crippen molar-refractivity contribution in [3.8, 4) is 5.75 Å². The Morgan fingerprint density at radius 2 is 2.12 bits per heavy atom. The highest BCUT2D eigenvalue weighted by atomic mass is 16.5. The largest absolute Gasteiger partial charge is 0.422 e. The van der Waals surface area contributed by atoms with Gasteiger partial charge in [0, 0.05) is 6.20 Å². The predicted molar refractivity (Wildman–Crippen MR) is 61.0 cm³/mol. The van der Waals surface area contributed by atoms with Crippen LogP contribution in [0, 0.1) is 6.92 Å². The molecule has 0 fully saturated rings. The summed E-state index contributed by atoms with van der Waals surface area (Å²) in [6.07, 6.45) is 2.40. The van der Waals surface area contributed by atoms with Crippen molar-refractivity contribution in [2.45, 2.75) is 6.92 Å².